The van der Waals surface area contributed by atoms with Crippen LogP contribution in [0, 0.1) is 5.82 Å². The summed E-state index contributed by atoms with van der Waals surface area (Å²) in [6, 6.07) is 11.5. The lowest BCUT2D eigenvalue weighted by atomic mass is 10.1. The lowest BCUT2D eigenvalue weighted by Gasteiger charge is -2.14. The monoisotopic (exact) mass is 389 g/mol. The van der Waals surface area contributed by atoms with Crippen molar-refractivity contribution >= 4 is 11.9 Å². The van der Waals surface area contributed by atoms with Crippen molar-refractivity contribution in [1.82, 2.24) is 5.32 Å². The third-order valence-corrected chi connectivity index (χ3v) is 4.15. The summed E-state index contributed by atoms with van der Waals surface area (Å²) < 4.78 is 29.1. The van der Waals surface area contributed by atoms with Gasteiger partial charge < -0.3 is 19.5 Å². The Morgan fingerprint density at radius 1 is 1.07 bits per heavy atom. The van der Waals surface area contributed by atoms with Gasteiger partial charge in [-0.1, -0.05) is 24.3 Å². The second-order valence-corrected chi connectivity index (χ2v) is 6.13. The molecule has 1 atom stereocenters. The molecule has 2 aromatic carbocycles. The normalized spacial score (nSPS) is 11.4. The van der Waals surface area contributed by atoms with Crippen LogP contribution in [0.1, 0.15) is 24.5 Å². The van der Waals surface area contributed by atoms with E-state index >= 15 is 0 Å². The second-order valence-electron chi connectivity index (χ2n) is 6.13. The molecule has 1 N–H and O–H groups in total. The van der Waals surface area contributed by atoms with Gasteiger partial charge in [-0.2, -0.15) is 0 Å². The van der Waals surface area contributed by atoms with Crippen molar-refractivity contribution in [2.24, 2.45) is 0 Å². The molecule has 0 aliphatic heterocycles. The lowest BCUT2D eigenvalue weighted by Crippen LogP contribution is -2.35. The number of ether oxygens (including phenoxy) is 3. The Labute approximate surface area is 163 Å². The minimum atomic E-state index is -0.951. The van der Waals surface area contributed by atoms with Gasteiger partial charge in [-0.05, 0) is 42.7 Å². The van der Waals surface area contributed by atoms with Gasteiger partial charge in [0.25, 0.3) is 5.91 Å². The average molecular weight is 389 g/mol. The zero-order valence-electron chi connectivity index (χ0n) is 16.2. The molecule has 150 valence electrons. The van der Waals surface area contributed by atoms with E-state index in [0.29, 0.717) is 17.1 Å². The fourth-order valence-electron chi connectivity index (χ4n) is 2.57. The van der Waals surface area contributed by atoms with Crippen LogP contribution < -0.4 is 14.8 Å². The summed E-state index contributed by atoms with van der Waals surface area (Å²) in [5, 5.41) is 2.70. The van der Waals surface area contributed by atoms with Gasteiger partial charge in [-0.3, -0.25) is 9.59 Å². The van der Waals surface area contributed by atoms with Crippen LogP contribution in [0.4, 0.5) is 4.39 Å². The first kappa shape index (κ1) is 21.2. The molecule has 2 aromatic rings. The Morgan fingerprint density at radius 3 is 2.46 bits per heavy atom. The predicted octanol–water partition coefficient (Wildman–Crippen LogP) is 3.02. The van der Waals surface area contributed by atoms with E-state index in [0.717, 1.165) is 5.56 Å². The van der Waals surface area contributed by atoms with E-state index in [2.05, 4.69) is 5.32 Å². The molecule has 0 aliphatic rings. The maximum Gasteiger partial charge on any atom is 0.306 e. The van der Waals surface area contributed by atoms with Crippen LogP contribution in [0.25, 0.3) is 0 Å². The van der Waals surface area contributed by atoms with Crippen molar-refractivity contribution in [2.75, 3.05) is 14.2 Å². The van der Waals surface area contributed by atoms with Crippen LogP contribution >= 0.6 is 0 Å². The van der Waals surface area contributed by atoms with Gasteiger partial charge in [0.15, 0.2) is 17.6 Å². The number of rotatable bonds is 9. The van der Waals surface area contributed by atoms with Gasteiger partial charge in [0.05, 0.1) is 14.2 Å². The van der Waals surface area contributed by atoms with E-state index in [4.69, 9.17) is 14.2 Å². The summed E-state index contributed by atoms with van der Waals surface area (Å²) in [6.45, 7) is 1.74. The summed E-state index contributed by atoms with van der Waals surface area (Å²) in [6.07, 6.45) is -0.743. The molecule has 0 saturated heterocycles. The Kier molecular flexibility index (Phi) is 7.80. The molecule has 0 saturated carbocycles. The van der Waals surface area contributed by atoms with Crippen LogP contribution in [0.2, 0.25) is 0 Å². The molecule has 28 heavy (non-hydrogen) atoms. The Hall–Kier alpha value is -3.09. The fraction of sp³-hybridized carbons (Fsp3) is 0.333. The van der Waals surface area contributed by atoms with E-state index in [1.54, 1.807) is 43.5 Å². The van der Waals surface area contributed by atoms with Gasteiger partial charge in [0, 0.05) is 13.0 Å². The van der Waals surface area contributed by atoms with E-state index in [9.17, 15) is 14.0 Å². The third-order valence-electron chi connectivity index (χ3n) is 4.15. The molecule has 0 aromatic heterocycles. The van der Waals surface area contributed by atoms with Crippen LogP contribution in [0.5, 0.6) is 11.5 Å². The zero-order valence-corrected chi connectivity index (χ0v) is 16.2. The van der Waals surface area contributed by atoms with Crippen LogP contribution in [-0.4, -0.2) is 32.2 Å². The number of hydrogen-bond acceptors (Lipinski definition) is 5. The van der Waals surface area contributed by atoms with Crippen LogP contribution in [0.3, 0.4) is 0 Å². The molecule has 6 nitrogen and oxygen atoms in total. The van der Waals surface area contributed by atoms with E-state index in [1.807, 2.05) is 0 Å². The molecule has 7 heteroatoms. The standard InChI is InChI=1S/C21H24FNO5/c1-14(28-20(24)11-9-16-6-4-5-7-17(16)22)21(25)23-13-15-8-10-18(26-2)19(12-15)27-3/h4-8,10,12,14H,9,11,13H2,1-3H3,(H,23,25)/t14-/m0/s1. The van der Waals surface area contributed by atoms with Crippen molar-refractivity contribution in [3.63, 3.8) is 0 Å². The van der Waals surface area contributed by atoms with Gasteiger partial charge in [-0.25, -0.2) is 4.39 Å². The lowest BCUT2D eigenvalue weighted by molar-refractivity contribution is -0.154. The predicted molar refractivity (Wildman–Crippen MR) is 102 cm³/mol. The first-order valence-corrected chi connectivity index (χ1v) is 8.86. The summed E-state index contributed by atoms with van der Waals surface area (Å²) in [7, 11) is 3.07. The summed E-state index contributed by atoms with van der Waals surface area (Å²) in [5.41, 5.74) is 1.24. The quantitative estimate of drug-likeness (QED) is 0.668. The Morgan fingerprint density at radius 2 is 1.79 bits per heavy atom. The number of halogens is 1. The number of methoxy groups -OCH3 is 2. The molecular formula is C21H24FNO5. The van der Waals surface area contributed by atoms with Gasteiger partial charge in [-0.15, -0.1) is 0 Å². The maximum absolute atomic E-state index is 13.6. The minimum absolute atomic E-state index is 0.00572. The van der Waals surface area contributed by atoms with Crippen molar-refractivity contribution in [2.45, 2.75) is 32.4 Å². The van der Waals surface area contributed by atoms with E-state index in [-0.39, 0.29) is 25.2 Å². The minimum Gasteiger partial charge on any atom is -0.493 e. The smallest absolute Gasteiger partial charge is 0.306 e. The third kappa shape index (κ3) is 5.97. The molecule has 0 radical (unpaired) electrons. The van der Waals surface area contributed by atoms with Gasteiger partial charge >= 0.3 is 5.97 Å². The fourth-order valence-corrected chi connectivity index (χ4v) is 2.57. The first-order valence-electron chi connectivity index (χ1n) is 8.86. The number of nitrogens with one attached hydrogen (secondary N) is 1. The highest BCUT2D eigenvalue weighted by Gasteiger charge is 2.18. The molecule has 0 aliphatic carbocycles. The molecule has 0 fully saturated rings. The molecule has 0 unspecified atom stereocenters. The maximum atomic E-state index is 13.6. The van der Waals surface area contributed by atoms with Gasteiger partial charge in [0.2, 0.25) is 0 Å². The number of carbonyl (C=O) groups excluding carboxylic acids is 2. The molecule has 0 spiro atoms. The van der Waals surface area contributed by atoms with E-state index < -0.39 is 18.0 Å². The highest BCUT2D eigenvalue weighted by atomic mass is 19.1. The molecule has 0 heterocycles. The number of hydrogen-bond donors (Lipinski definition) is 1. The molecule has 0 bridgehead atoms. The number of benzene rings is 2. The number of aryl methyl sites for hydroxylation is 1. The molecular weight excluding hydrogens is 365 g/mol. The van der Waals surface area contributed by atoms with Crippen molar-refractivity contribution < 1.29 is 28.2 Å². The Bertz CT molecular complexity index is 824. The summed E-state index contributed by atoms with van der Waals surface area (Å²) in [5.74, 6) is -0.196. The van der Waals surface area contributed by atoms with Crippen LogP contribution in [-0.2, 0) is 27.3 Å². The molecule has 1 amide bonds. The van der Waals surface area contributed by atoms with Gasteiger partial charge in [0.1, 0.15) is 5.82 Å². The average Bonchev–Trinajstić information content (AvgIpc) is 2.71. The first-order chi connectivity index (χ1) is 13.4. The second kappa shape index (κ2) is 10.3. The largest absolute Gasteiger partial charge is 0.493 e. The summed E-state index contributed by atoms with van der Waals surface area (Å²) >= 11 is 0. The highest BCUT2D eigenvalue weighted by molar-refractivity contribution is 5.83. The van der Waals surface area contributed by atoms with Crippen molar-refractivity contribution in [3.8, 4) is 11.5 Å². The topological polar surface area (TPSA) is 73.9 Å². The number of carbonyl (C=O) groups is 2. The molecule has 2 rings (SSSR count). The number of amides is 1. The zero-order chi connectivity index (χ0) is 20.5. The van der Waals surface area contributed by atoms with Crippen molar-refractivity contribution in [3.05, 3.63) is 59.4 Å². The van der Waals surface area contributed by atoms with Crippen molar-refractivity contribution in [1.29, 1.82) is 0 Å². The number of esters is 1. The van der Waals surface area contributed by atoms with Crippen LogP contribution in [0.15, 0.2) is 42.5 Å². The summed E-state index contributed by atoms with van der Waals surface area (Å²) in [4.78, 5) is 24.1. The van der Waals surface area contributed by atoms with E-state index in [1.165, 1.54) is 20.1 Å². The SMILES string of the molecule is COc1ccc(CNC(=O)[C@H](C)OC(=O)CCc2ccccc2F)cc1OC. The Balaban J connectivity index is 1.80. The highest BCUT2D eigenvalue weighted by Crippen LogP contribution is 2.27.